The lowest BCUT2D eigenvalue weighted by atomic mass is 10.2. The van der Waals surface area contributed by atoms with E-state index in [0.717, 1.165) is 0 Å². The third-order valence-corrected chi connectivity index (χ3v) is 13.3. The number of halogens is 6. The van der Waals surface area contributed by atoms with Crippen molar-refractivity contribution in [3.63, 3.8) is 0 Å². The van der Waals surface area contributed by atoms with Crippen LogP contribution in [0, 0.1) is 11.3 Å². The highest BCUT2D eigenvalue weighted by atomic mass is 128. The Bertz CT molecular complexity index is 3000. The molecule has 26 nitrogen and oxygen atoms in total. The molecule has 496 valence electrons. The molecule has 88 heavy (non-hydrogen) atoms. The number of nitrogens with one attached hydrogen (secondary N) is 1. The maximum Gasteiger partial charge on any atom is 0.402 e. The molecule has 0 radical (unpaired) electrons. The minimum atomic E-state index is -3.91. The number of carbonyl (C=O) groups excluding carboxylic acids is 2. The summed E-state index contributed by atoms with van der Waals surface area (Å²) >= 11 is 13.8. The summed E-state index contributed by atoms with van der Waals surface area (Å²) in [7, 11) is -0.204. The molecule has 0 aliphatic rings. The van der Waals surface area contributed by atoms with Gasteiger partial charge in [0.2, 0.25) is 9.23 Å². The van der Waals surface area contributed by atoms with Gasteiger partial charge in [0, 0.05) is 65.5 Å². The van der Waals surface area contributed by atoms with Crippen molar-refractivity contribution >= 4 is 152 Å². The van der Waals surface area contributed by atoms with Gasteiger partial charge in [0.05, 0.1) is 61.6 Å². The Morgan fingerprint density at radius 1 is 0.705 bits per heavy atom. The van der Waals surface area contributed by atoms with Crippen molar-refractivity contribution in [1.29, 1.82) is 5.26 Å². The average molecular weight is 1600 g/mol. The van der Waals surface area contributed by atoms with Gasteiger partial charge in [-0.15, -0.1) is 23.2 Å². The summed E-state index contributed by atoms with van der Waals surface area (Å²) < 4.78 is 70.9. The molecule has 6 atom stereocenters. The Kier molecular flexibility index (Phi) is 48.8. The molecule has 0 spiro atoms. The number of nitrogens with two attached hydrogens (primary N) is 3. The molecule has 0 amide bonds. The maximum atomic E-state index is 13.8. The van der Waals surface area contributed by atoms with Crippen LogP contribution in [0.4, 0.5) is 11.6 Å². The van der Waals surface area contributed by atoms with Crippen LogP contribution in [-0.2, 0) is 60.0 Å². The lowest BCUT2D eigenvalue weighted by Crippen LogP contribution is -2.38. The fourth-order valence-corrected chi connectivity index (χ4v) is 9.41. The Balaban J connectivity index is 0. The third-order valence-electron chi connectivity index (χ3n) is 10.6. The molecular weight excluding hydrogens is 1510 g/mol. The molecule has 0 saturated carbocycles. The van der Waals surface area contributed by atoms with Crippen LogP contribution in [0.25, 0.3) is 22.3 Å². The first kappa shape index (κ1) is 86.2. The van der Waals surface area contributed by atoms with Gasteiger partial charge in [-0.05, 0) is 98.3 Å². The van der Waals surface area contributed by atoms with Gasteiger partial charge in [-0.25, -0.2) is 43.8 Å². The maximum absolute atomic E-state index is 13.8. The summed E-state index contributed by atoms with van der Waals surface area (Å²) in [6.07, 6.45) is 5.10. The minimum absolute atomic E-state index is 0.0647. The lowest BCUT2D eigenvalue weighted by molar-refractivity contribution is -0.150. The monoisotopic (exact) mass is 1600 g/mol. The summed E-state index contributed by atoms with van der Waals surface area (Å²) in [5, 5.41) is 10.4. The predicted molar refractivity (Wildman–Crippen MR) is 369 cm³/mol. The number of fused-ring (bicyclic) bond motifs is 2. The second kappa shape index (κ2) is 49.8. The van der Waals surface area contributed by atoms with Crippen LogP contribution >= 0.6 is 96.9 Å². The van der Waals surface area contributed by atoms with Crippen molar-refractivity contribution in [2.24, 2.45) is 5.73 Å². The number of imidazole rings is 2. The summed E-state index contributed by atoms with van der Waals surface area (Å²) in [4.78, 5) is 60.2. The van der Waals surface area contributed by atoms with E-state index >= 15 is 0 Å². The highest BCUT2D eigenvalue weighted by Gasteiger charge is 2.33. The molecule has 0 aliphatic carbocycles. The summed E-state index contributed by atoms with van der Waals surface area (Å²) in [5.74, 6) is 0.503. The van der Waals surface area contributed by atoms with Crippen LogP contribution in [0.3, 0.4) is 0 Å². The highest BCUT2D eigenvalue weighted by Crippen LogP contribution is 2.45. The van der Waals surface area contributed by atoms with E-state index in [1.807, 2.05) is 19.9 Å². The van der Waals surface area contributed by atoms with Gasteiger partial charge in [-0.1, -0.05) is 71.0 Å². The second-order valence-electron chi connectivity index (χ2n) is 18.2. The van der Waals surface area contributed by atoms with Crippen LogP contribution in [0.5, 0.6) is 11.5 Å². The number of nitrogen functional groups attached to an aromatic ring is 2. The van der Waals surface area contributed by atoms with E-state index < -0.39 is 48.7 Å². The Labute approximate surface area is 561 Å². The van der Waals surface area contributed by atoms with Crippen molar-refractivity contribution in [2.45, 2.75) is 146 Å². The van der Waals surface area contributed by atoms with Gasteiger partial charge < -0.3 is 64.1 Å². The smallest absolute Gasteiger partial charge is 0.402 e. The number of hydrogen-bond acceptors (Lipinski definition) is 22. The van der Waals surface area contributed by atoms with E-state index in [2.05, 4.69) is 119 Å². The van der Waals surface area contributed by atoms with E-state index in [1.165, 1.54) is 39.2 Å². The van der Waals surface area contributed by atoms with Gasteiger partial charge in [0.25, 0.3) is 0 Å². The van der Waals surface area contributed by atoms with Crippen molar-refractivity contribution in [3.05, 3.63) is 86.0 Å². The zero-order chi connectivity index (χ0) is 67.4. The summed E-state index contributed by atoms with van der Waals surface area (Å²) in [6, 6.07) is 17.7. The first-order chi connectivity index (χ1) is 41.6. The number of nitriles is 1. The van der Waals surface area contributed by atoms with Gasteiger partial charge in [0.15, 0.2) is 29.3 Å². The van der Waals surface area contributed by atoms with Crippen molar-refractivity contribution in [1.82, 2.24) is 49.0 Å². The lowest BCUT2D eigenvalue weighted by Gasteiger charge is -2.26. The van der Waals surface area contributed by atoms with E-state index in [-0.39, 0.29) is 42.1 Å². The number of para-hydroxylation sites is 2. The minimum Gasteiger partial charge on any atom is -0.462 e. The number of aromatic nitrogens is 8. The highest BCUT2D eigenvalue weighted by molar-refractivity contribution is 15.0. The SMILES string of the molecule is CC#N.CCN(CC)CC.CC[C@H](N)C(=O)OC(C)C.CC[C@H](NP(=O)(CO[C@H](C)Cn1cnc2c(N)ncnc21)Oc1ccccc1)C(=O)OC(C)C.C[C@H](Cn1cnc2c(N)ncnc21)OCP(=O)(O)Oc1ccccc1.ClCCl.II.O=S(Cl)Cl. The molecule has 2 aromatic carbocycles. The quantitative estimate of drug-likeness (QED) is 0.0117. The molecule has 4 aromatic heterocycles. The van der Waals surface area contributed by atoms with Gasteiger partial charge >= 0.3 is 27.1 Å². The van der Waals surface area contributed by atoms with Crippen molar-refractivity contribution < 1.29 is 55.8 Å². The third kappa shape index (κ3) is 38.1. The zero-order valence-corrected chi connectivity index (χ0v) is 61.3. The molecule has 6 aromatic rings. The number of hydrogen-bond donors (Lipinski definition) is 5. The number of anilines is 2. The first-order valence-electron chi connectivity index (χ1n) is 27.1. The fraction of sp³-hybridized carbons (Fsp3) is 0.528. The average Bonchev–Trinajstić information content (AvgIpc) is 3.59. The molecule has 6 rings (SSSR count). The fourth-order valence-electron chi connectivity index (χ4n) is 6.60. The Morgan fingerprint density at radius 3 is 1.43 bits per heavy atom. The van der Waals surface area contributed by atoms with Crippen LogP contribution in [0.15, 0.2) is 86.0 Å². The predicted octanol–water partition coefficient (Wildman–Crippen LogP) is 12.2. The molecule has 0 fully saturated rings. The number of ether oxygens (including phenoxy) is 4. The Morgan fingerprint density at radius 2 is 1.08 bits per heavy atom. The number of carbonyl (C=O) groups is 2. The topological polar surface area (TPSA) is 365 Å². The van der Waals surface area contributed by atoms with Crippen LogP contribution in [-0.4, -0.2) is 139 Å². The van der Waals surface area contributed by atoms with Crippen molar-refractivity contribution in [3.8, 4) is 17.6 Å². The van der Waals surface area contributed by atoms with E-state index in [1.54, 1.807) is 124 Å². The molecule has 0 bridgehead atoms. The molecule has 4 heterocycles. The van der Waals surface area contributed by atoms with E-state index in [9.17, 15) is 23.6 Å². The summed E-state index contributed by atoms with van der Waals surface area (Å²) in [5.41, 5.74) is 19.1. The molecule has 0 saturated heterocycles. The molecule has 35 heteroatoms. The molecule has 8 N–H and O–H groups in total. The van der Waals surface area contributed by atoms with Gasteiger partial charge in [-0.3, -0.25) is 14.2 Å². The van der Waals surface area contributed by atoms with Crippen LogP contribution in [0.1, 0.15) is 95.9 Å². The number of benzene rings is 2. The standard InChI is InChI=1S/C22H31N6O5P.C15H18N5O4P.C7H15NO2.C6H15N.C2H3N.CH2Cl2.Cl2OS.I2/c1-5-18(22(29)32-15(2)3)27-34(30,33-17-9-7-6-8-10-17)14-31-16(4)11-28-13-26-19-20(23)24-12-25-21(19)28;1-11(7-20-9-19-13-14(16)17-8-18-15(13)20)23-10-25(21,22)24-12-5-3-2-4-6-12;1-4-6(8)7(9)10-5(2)3;1-4-7(5-2)6-3;1-2-3;2-1-3;1-4(2)3;1-2/h6-10,12-13,15-16,18H,5,11,14H2,1-4H3,(H,27,30)(H2,23,24,25);2-6,8-9,11H,7,10H2,1H3,(H,21,22)(H2,16,17,18);5-6H,4,8H2,1-3H3;4-6H2,1-3H3;1H3;1H2;;/t16-,18+,34?;11-;6-;;;;;/m110...../s1. The van der Waals surface area contributed by atoms with Crippen LogP contribution < -0.4 is 31.3 Å². The number of alkyl halides is 2. The normalized spacial score (nSPS) is 13.2. The van der Waals surface area contributed by atoms with Gasteiger partial charge in [0.1, 0.15) is 53.6 Å². The second-order valence-corrected chi connectivity index (χ2v) is 25.3. The largest absolute Gasteiger partial charge is 0.462 e. The molecular formula is C53H84Cl4I2N14O12P2S. The summed E-state index contributed by atoms with van der Waals surface area (Å²) in [6.45, 7) is 26.7. The van der Waals surface area contributed by atoms with Crippen molar-refractivity contribution in [2.75, 3.05) is 49.1 Å². The van der Waals surface area contributed by atoms with E-state index in [4.69, 9.17) is 77.9 Å². The Hall–Kier alpha value is -3.84. The number of esters is 2. The molecule has 0 aliphatic heterocycles. The molecule has 2 unspecified atom stereocenters. The zero-order valence-electron chi connectivity index (χ0n) is 51.3. The van der Waals surface area contributed by atoms with Crippen LogP contribution in [0.2, 0.25) is 0 Å². The van der Waals surface area contributed by atoms with E-state index in [0.29, 0.717) is 71.4 Å². The number of rotatable bonds is 25. The number of nitrogens with zero attached hydrogens (tertiary/aromatic N) is 10. The first-order valence-corrected chi connectivity index (χ1v) is 40.8. The van der Waals surface area contributed by atoms with Gasteiger partial charge in [-0.2, -0.15) is 5.26 Å².